The maximum Gasteiger partial charge on any atom is 0.225 e. The van der Waals surface area contributed by atoms with Crippen molar-refractivity contribution in [3.63, 3.8) is 0 Å². The van der Waals surface area contributed by atoms with Gasteiger partial charge in [0.15, 0.2) is 0 Å². The van der Waals surface area contributed by atoms with Crippen LogP contribution in [0.4, 0.5) is 11.5 Å². The van der Waals surface area contributed by atoms with Crippen LogP contribution in [0.5, 0.6) is 0 Å². The van der Waals surface area contributed by atoms with Crippen LogP contribution in [0.2, 0.25) is 0 Å². The Hall–Kier alpha value is -1.96. The molecule has 0 atom stereocenters. The highest BCUT2D eigenvalue weighted by molar-refractivity contribution is 14.1. The number of halogens is 1. The molecule has 3 rings (SSSR count). The molecule has 6 heteroatoms. The molecular weight excluding hydrogens is 355 g/mol. The number of rotatable bonds is 3. The van der Waals surface area contributed by atoms with Crippen molar-refractivity contribution < 1.29 is 4.42 Å². The molecule has 0 aliphatic rings. The lowest BCUT2D eigenvalue weighted by Gasteiger charge is -2.07. The first-order valence-electron chi connectivity index (χ1n) is 5.55. The standard InChI is InChI=1S/C13H9IN4O/c14-11-7-15-8-17-12(11)18-10-3-1-9(2-4-10)13-16-5-6-19-13/h1-8H,(H,15,17,18). The number of hydrogen-bond donors (Lipinski definition) is 1. The summed E-state index contributed by atoms with van der Waals surface area (Å²) in [5.74, 6) is 1.41. The summed E-state index contributed by atoms with van der Waals surface area (Å²) in [6, 6.07) is 7.81. The first-order valence-corrected chi connectivity index (χ1v) is 6.63. The van der Waals surface area contributed by atoms with Gasteiger partial charge >= 0.3 is 0 Å². The van der Waals surface area contributed by atoms with Gasteiger partial charge in [-0.3, -0.25) is 0 Å². The topological polar surface area (TPSA) is 63.8 Å². The number of aromatic nitrogens is 3. The number of nitrogens with zero attached hydrogens (tertiary/aromatic N) is 3. The fourth-order valence-corrected chi connectivity index (χ4v) is 2.04. The Kier molecular flexibility index (Phi) is 3.41. The minimum atomic E-state index is 0.614. The molecule has 19 heavy (non-hydrogen) atoms. The number of benzene rings is 1. The maximum absolute atomic E-state index is 5.24. The van der Waals surface area contributed by atoms with Crippen molar-refractivity contribution in [2.45, 2.75) is 0 Å². The zero-order valence-electron chi connectivity index (χ0n) is 9.75. The van der Waals surface area contributed by atoms with Crippen LogP contribution >= 0.6 is 22.6 Å². The second-order valence-electron chi connectivity index (χ2n) is 3.76. The van der Waals surface area contributed by atoms with Crippen LogP contribution in [0.1, 0.15) is 0 Å². The Morgan fingerprint density at radius 1 is 1.11 bits per heavy atom. The predicted molar refractivity (Wildman–Crippen MR) is 80.0 cm³/mol. The van der Waals surface area contributed by atoms with Crippen LogP contribution in [0.15, 0.2) is 53.7 Å². The van der Waals surface area contributed by atoms with Gasteiger partial charge in [0.25, 0.3) is 0 Å². The van der Waals surface area contributed by atoms with E-state index in [1.165, 1.54) is 6.33 Å². The molecule has 0 saturated heterocycles. The highest BCUT2D eigenvalue weighted by Gasteiger charge is 2.04. The average Bonchev–Trinajstić information content (AvgIpc) is 2.96. The van der Waals surface area contributed by atoms with E-state index in [0.717, 1.165) is 20.6 Å². The Bertz CT molecular complexity index is 667. The summed E-state index contributed by atoms with van der Waals surface area (Å²) >= 11 is 2.19. The Balaban J connectivity index is 1.82. The third-order valence-corrected chi connectivity index (χ3v) is 3.28. The molecule has 0 aliphatic carbocycles. The molecule has 0 aliphatic heterocycles. The maximum atomic E-state index is 5.24. The van der Waals surface area contributed by atoms with E-state index in [0.29, 0.717) is 5.89 Å². The van der Waals surface area contributed by atoms with E-state index < -0.39 is 0 Å². The number of anilines is 2. The molecule has 5 nitrogen and oxygen atoms in total. The van der Waals surface area contributed by atoms with Crippen molar-refractivity contribution in [3.05, 3.63) is 52.8 Å². The summed E-state index contributed by atoms with van der Waals surface area (Å²) in [4.78, 5) is 12.2. The van der Waals surface area contributed by atoms with Crippen molar-refractivity contribution in [1.82, 2.24) is 15.0 Å². The van der Waals surface area contributed by atoms with Crippen molar-refractivity contribution >= 4 is 34.1 Å². The molecule has 0 radical (unpaired) electrons. The lowest BCUT2D eigenvalue weighted by atomic mass is 10.2. The van der Waals surface area contributed by atoms with E-state index >= 15 is 0 Å². The third kappa shape index (κ3) is 2.73. The third-order valence-electron chi connectivity index (χ3n) is 2.49. The molecular formula is C13H9IN4O. The smallest absolute Gasteiger partial charge is 0.225 e. The van der Waals surface area contributed by atoms with Gasteiger partial charge in [-0.25, -0.2) is 15.0 Å². The van der Waals surface area contributed by atoms with Gasteiger partial charge in [-0.1, -0.05) is 0 Å². The van der Waals surface area contributed by atoms with Crippen LogP contribution in [-0.4, -0.2) is 15.0 Å². The molecule has 0 spiro atoms. The summed E-state index contributed by atoms with van der Waals surface area (Å²) in [6.07, 6.45) is 6.47. The van der Waals surface area contributed by atoms with E-state index in [2.05, 4.69) is 42.9 Å². The summed E-state index contributed by atoms with van der Waals surface area (Å²) in [6.45, 7) is 0. The van der Waals surface area contributed by atoms with Crippen molar-refractivity contribution in [1.29, 1.82) is 0 Å². The van der Waals surface area contributed by atoms with Gasteiger partial charge in [0, 0.05) is 17.4 Å². The van der Waals surface area contributed by atoms with E-state index in [1.54, 1.807) is 18.7 Å². The Morgan fingerprint density at radius 2 is 1.95 bits per heavy atom. The first kappa shape index (κ1) is 12.1. The van der Waals surface area contributed by atoms with E-state index in [9.17, 15) is 0 Å². The molecule has 2 heterocycles. The van der Waals surface area contributed by atoms with Gasteiger partial charge in [-0.05, 0) is 46.9 Å². The van der Waals surface area contributed by atoms with Crippen LogP contribution < -0.4 is 5.32 Å². The molecule has 0 bridgehead atoms. The van der Waals surface area contributed by atoms with Gasteiger partial charge in [0.2, 0.25) is 5.89 Å². The monoisotopic (exact) mass is 364 g/mol. The molecule has 0 saturated carbocycles. The number of nitrogens with one attached hydrogen (secondary N) is 1. The largest absolute Gasteiger partial charge is 0.445 e. The lowest BCUT2D eigenvalue weighted by molar-refractivity contribution is 0.574. The molecule has 0 amide bonds. The highest BCUT2D eigenvalue weighted by atomic mass is 127. The summed E-state index contributed by atoms with van der Waals surface area (Å²) in [5.41, 5.74) is 1.89. The second-order valence-corrected chi connectivity index (χ2v) is 4.92. The zero-order chi connectivity index (χ0) is 13.1. The normalized spacial score (nSPS) is 10.4. The fourth-order valence-electron chi connectivity index (χ4n) is 1.60. The minimum absolute atomic E-state index is 0.614. The van der Waals surface area contributed by atoms with Crippen molar-refractivity contribution in [2.24, 2.45) is 0 Å². The quantitative estimate of drug-likeness (QED) is 0.721. The number of hydrogen-bond acceptors (Lipinski definition) is 5. The van der Waals surface area contributed by atoms with Crippen molar-refractivity contribution in [3.8, 4) is 11.5 Å². The summed E-state index contributed by atoms with van der Waals surface area (Å²) in [5, 5.41) is 3.24. The van der Waals surface area contributed by atoms with Crippen LogP contribution in [0.3, 0.4) is 0 Å². The van der Waals surface area contributed by atoms with E-state index in [-0.39, 0.29) is 0 Å². The molecule has 0 fully saturated rings. The molecule has 1 N–H and O–H groups in total. The summed E-state index contributed by atoms with van der Waals surface area (Å²) in [7, 11) is 0. The second kappa shape index (κ2) is 5.35. The average molecular weight is 364 g/mol. The molecule has 3 aromatic rings. The fraction of sp³-hybridized carbons (Fsp3) is 0. The highest BCUT2D eigenvalue weighted by Crippen LogP contribution is 2.22. The van der Waals surface area contributed by atoms with Crippen LogP contribution in [-0.2, 0) is 0 Å². The van der Waals surface area contributed by atoms with Crippen LogP contribution in [0, 0.1) is 3.57 Å². The van der Waals surface area contributed by atoms with E-state index in [1.807, 2.05) is 24.3 Å². The molecule has 94 valence electrons. The van der Waals surface area contributed by atoms with E-state index in [4.69, 9.17) is 4.42 Å². The lowest BCUT2D eigenvalue weighted by Crippen LogP contribution is -1.96. The number of oxazole rings is 1. The van der Waals surface area contributed by atoms with Crippen LogP contribution in [0.25, 0.3) is 11.5 Å². The SMILES string of the molecule is Ic1cncnc1Nc1ccc(-c2ncco2)cc1. The zero-order valence-corrected chi connectivity index (χ0v) is 11.9. The first-order chi connectivity index (χ1) is 9.33. The molecule has 2 aromatic heterocycles. The molecule has 0 unspecified atom stereocenters. The van der Waals surface area contributed by atoms with Crippen molar-refractivity contribution in [2.75, 3.05) is 5.32 Å². The summed E-state index contributed by atoms with van der Waals surface area (Å²) < 4.78 is 6.21. The van der Waals surface area contributed by atoms with Gasteiger partial charge in [0.05, 0.1) is 9.77 Å². The minimum Gasteiger partial charge on any atom is -0.445 e. The Morgan fingerprint density at radius 3 is 2.63 bits per heavy atom. The van der Waals surface area contributed by atoms with Gasteiger partial charge in [-0.2, -0.15) is 0 Å². The van der Waals surface area contributed by atoms with Gasteiger partial charge in [-0.15, -0.1) is 0 Å². The van der Waals surface area contributed by atoms with Gasteiger partial charge in [0.1, 0.15) is 18.4 Å². The molecule has 1 aromatic carbocycles. The van der Waals surface area contributed by atoms with Gasteiger partial charge < -0.3 is 9.73 Å². The Labute approximate surface area is 123 Å². The predicted octanol–water partition coefficient (Wildman–Crippen LogP) is 3.48.